The van der Waals surface area contributed by atoms with E-state index in [1.54, 1.807) is 13.2 Å². The normalized spacial score (nSPS) is 10.9. The molecule has 0 saturated carbocycles. The fourth-order valence-corrected chi connectivity index (χ4v) is 2.73. The van der Waals surface area contributed by atoms with Gasteiger partial charge in [0.2, 0.25) is 0 Å². The highest BCUT2D eigenvalue weighted by molar-refractivity contribution is 6.06. The number of carbonyl (C=O) groups excluding carboxylic acids is 1. The molecule has 0 unspecified atom stereocenters. The summed E-state index contributed by atoms with van der Waals surface area (Å²) in [5, 5.41) is 0. The number of methoxy groups -OCH3 is 1. The third kappa shape index (κ3) is 6.57. The molecule has 0 fully saturated rings. The van der Waals surface area contributed by atoms with Gasteiger partial charge in [0.15, 0.2) is 5.78 Å². The predicted octanol–water partition coefficient (Wildman–Crippen LogP) is 5.33. The van der Waals surface area contributed by atoms with Gasteiger partial charge >= 0.3 is 0 Å². The molecule has 0 aliphatic rings. The lowest BCUT2D eigenvalue weighted by atomic mass is 10.1. The Morgan fingerprint density at radius 2 is 1.40 bits per heavy atom. The Morgan fingerprint density at radius 3 is 1.97 bits per heavy atom. The molecule has 0 aliphatic carbocycles. The first-order valence-corrected chi connectivity index (χ1v) is 9.55. The Hall–Kier alpha value is -3.44. The maximum absolute atomic E-state index is 12.9. The molecule has 4 nitrogen and oxygen atoms in total. The molecule has 0 heterocycles. The molecule has 0 bridgehead atoms. The van der Waals surface area contributed by atoms with Crippen LogP contribution in [-0.2, 0) is 11.3 Å². The number of hydrogen-bond acceptors (Lipinski definition) is 4. The fraction of sp³-hybridized carbons (Fsp3) is 0.160. The quantitative estimate of drug-likeness (QED) is 0.259. The Labute approximate surface area is 175 Å². The maximum Gasteiger partial charge on any atom is 0.185 e. The van der Waals surface area contributed by atoms with Crippen LogP contribution in [0.5, 0.6) is 11.5 Å². The van der Waals surface area contributed by atoms with Gasteiger partial charge in [-0.15, -0.1) is 0 Å². The van der Waals surface area contributed by atoms with Crippen LogP contribution in [-0.4, -0.2) is 26.1 Å². The molecular formula is C25H23FO4. The van der Waals surface area contributed by atoms with Gasteiger partial charge in [0, 0.05) is 12.7 Å². The van der Waals surface area contributed by atoms with Gasteiger partial charge in [0.1, 0.15) is 30.5 Å². The minimum Gasteiger partial charge on any atom is -0.490 e. The fourth-order valence-electron chi connectivity index (χ4n) is 2.73. The van der Waals surface area contributed by atoms with Gasteiger partial charge < -0.3 is 14.2 Å². The molecule has 0 saturated heterocycles. The highest BCUT2D eigenvalue weighted by atomic mass is 19.1. The molecule has 0 aromatic heterocycles. The van der Waals surface area contributed by atoms with Crippen molar-refractivity contribution in [2.24, 2.45) is 0 Å². The smallest absolute Gasteiger partial charge is 0.185 e. The molecule has 0 N–H and O–H groups in total. The molecule has 5 heteroatoms. The largest absolute Gasteiger partial charge is 0.490 e. The zero-order valence-electron chi connectivity index (χ0n) is 16.7. The van der Waals surface area contributed by atoms with Crippen molar-refractivity contribution >= 4 is 11.9 Å². The lowest BCUT2D eigenvalue weighted by molar-refractivity contribution is 0.104. The van der Waals surface area contributed by atoms with E-state index >= 15 is 0 Å². The van der Waals surface area contributed by atoms with Crippen molar-refractivity contribution in [3.05, 3.63) is 101 Å². The van der Waals surface area contributed by atoms with E-state index in [0.717, 1.165) is 22.6 Å². The monoisotopic (exact) mass is 406 g/mol. The van der Waals surface area contributed by atoms with Crippen LogP contribution in [0.3, 0.4) is 0 Å². The van der Waals surface area contributed by atoms with E-state index in [2.05, 4.69) is 0 Å². The Balaban J connectivity index is 1.43. The Bertz CT molecular complexity index is 962. The van der Waals surface area contributed by atoms with Crippen LogP contribution in [0.2, 0.25) is 0 Å². The van der Waals surface area contributed by atoms with Crippen molar-refractivity contribution in [1.82, 2.24) is 0 Å². The molecule has 0 aliphatic heterocycles. The number of halogens is 1. The van der Waals surface area contributed by atoms with E-state index in [4.69, 9.17) is 14.2 Å². The summed E-state index contributed by atoms with van der Waals surface area (Å²) in [4.78, 5) is 12.1. The molecule has 0 spiro atoms. The second-order valence-corrected chi connectivity index (χ2v) is 6.55. The van der Waals surface area contributed by atoms with Crippen molar-refractivity contribution in [2.75, 3.05) is 20.3 Å². The predicted molar refractivity (Wildman–Crippen MR) is 114 cm³/mol. The van der Waals surface area contributed by atoms with Gasteiger partial charge in [-0.25, -0.2) is 4.39 Å². The van der Waals surface area contributed by atoms with Crippen LogP contribution < -0.4 is 9.47 Å². The van der Waals surface area contributed by atoms with Gasteiger partial charge in [-0.05, 0) is 65.7 Å². The lowest BCUT2D eigenvalue weighted by Crippen LogP contribution is -2.08. The van der Waals surface area contributed by atoms with E-state index < -0.39 is 0 Å². The Morgan fingerprint density at radius 1 is 0.833 bits per heavy atom. The second kappa shape index (κ2) is 10.9. The van der Waals surface area contributed by atoms with Crippen LogP contribution in [0, 0.1) is 5.82 Å². The number of hydrogen-bond donors (Lipinski definition) is 0. The van der Waals surface area contributed by atoms with E-state index in [-0.39, 0.29) is 11.6 Å². The summed E-state index contributed by atoms with van der Waals surface area (Å²) in [7, 11) is 1.66. The molecule has 154 valence electrons. The van der Waals surface area contributed by atoms with E-state index in [1.165, 1.54) is 30.3 Å². The van der Waals surface area contributed by atoms with Gasteiger partial charge in [-0.3, -0.25) is 4.79 Å². The number of allylic oxidation sites excluding steroid dienone is 1. The summed E-state index contributed by atoms with van der Waals surface area (Å²) in [6.07, 6.45) is 3.18. The van der Waals surface area contributed by atoms with Gasteiger partial charge in [0.25, 0.3) is 0 Å². The van der Waals surface area contributed by atoms with Crippen molar-refractivity contribution in [3.63, 3.8) is 0 Å². The molecule has 3 rings (SSSR count). The second-order valence-electron chi connectivity index (χ2n) is 6.55. The topological polar surface area (TPSA) is 44.8 Å². The summed E-state index contributed by atoms with van der Waals surface area (Å²) in [5.41, 5.74) is 2.40. The molecule has 0 radical (unpaired) electrons. The SMILES string of the molecule is COCc1ccc(OCCOc2ccc(/C=C/C(=O)c3ccc(F)cc3)cc2)cc1. The van der Waals surface area contributed by atoms with Crippen LogP contribution >= 0.6 is 0 Å². The first-order chi connectivity index (χ1) is 14.6. The van der Waals surface area contributed by atoms with Crippen LogP contribution in [0.1, 0.15) is 21.5 Å². The highest BCUT2D eigenvalue weighted by Gasteiger charge is 2.02. The summed E-state index contributed by atoms with van der Waals surface area (Å²) in [6.45, 7) is 1.42. The van der Waals surface area contributed by atoms with Gasteiger partial charge in [0.05, 0.1) is 6.61 Å². The molecule has 0 atom stereocenters. The van der Waals surface area contributed by atoms with Gasteiger partial charge in [-0.1, -0.05) is 30.3 Å². The average molecular weight is 406 g/mol. The van der Waals surface area contributed by atoms with E-state index in [0.29, 0.717) is 25.4 Å². The number of carbonyl (C=O) groups is 1. The van der Waals surface area contributed by atoms with Crippen LogP contribution in [0.25, 0.3) is 6.08 Å². The van der Waals surface area contributed by atoms with Crippen molar-refractivity contribution in [3.8, 4) is 11.5 Å². The van der Waals surface area contributed by atoms with E-state index in [9.17, 15) is 9.18 Å². The van der Waals surface area contributed by atoms with Crippen molar-refractivity contribution < 1.29 is 23.4 Å². The summed E-state index contributed by atoms with van der Waals surface area (Å²) >= 11 is 0. The minimum absolute atomic E-state index is 0.178. The standard InChI is InChI=1S/C25H23FO4/c1-28-18-20-4-13-24(14-5-20)30-17-16-29-23-11-2-19(3-12-23)6-15-25(27)21-7-9-22(26)10-8-21/h2-15H,16-18H2,1H3/b15-6+. The first kappa shape index (κ1) is 21.3. The lowest BCUT2D eigenvalue weighted by Gasteiger charge is -2.09. The van der Waals surface area contributed by atoms with Gasteiger partial charge in [-0.2, -0.15) is 0 Å². The average Bonchev–Trinajstić information content (AvgIpc) is 2.77. The zero-order chi connectivity index (χ0) is 21.2. The summed E-state index contributed by atoms with van der Waals surface area (Å²) in [5.74, 6) is 0.958. The summed E-state index contributed by atoms with van der Waals surface area (Å²) in [6, 6.07) is 20.6. The van der Waals surface area contributed by atoms with E-state index in [1.807, 2.05) is 48.5 Å². The molecular weight excluding hydrogens is 383 g/mol. The zero-order valence-corrected chi connectivity index (χ0v) is 16.7. The van der Waals surface area contributed by atoms with Crippen molar-refractivity contribution in [2.45, 2.75) is 6.61 Å². The number of benzene rings is 3. The number of rotatable bonds is 10. The van der Waals surface area contributed by atoms with Crippen LogP contribution in [0.4, 0.5) is 4.39 Å². The summed E-state index contributed by atoms with van der Waals surface area (Å²) < 4.78 is 29.3. The molecule has 0 amide bonds. The Kier molecular flexibility index (Phi) is 7.75. The van der Waals surface area contributed by atoms with Crippen LogP contribution in [0.15, 0.2) is 78.9 Å². The third-order valence-corrected chi connectivity index (χ3v) is 4.29. The minimum atomic E-state index is -0.364. The maximum atomic E-state index is 12.9. The number of ketones is 1. The molecule has 30 heavy (non-hydrogen) atoms. The van der Waals surface area contributed by atoms with Crippen molar-refractivity contribution in [1.29, 1.82) is 0 Å². The highest BCUT2D eigenvalue weighted by Crippen LogP contribution is 2.15. The molecule has 3 aromatic rings. The third-order valence-electron chi connectivity index (χ3n) is 4.29. The number of ether oxygens (including phenoxy) is 3. The molecule has 3 aromatic carbocycles. The first-order valence-electron chi connectivity index (χ1n) is 9.55.